The van der Waals surface area contributed by atoms with E-state index in [0.29, 0.717) is 22.0 Å². The van der Waals surface area contributed by atoms with Crippen LogP contribution in [0.5, 0.6) is 0 Å². The lowest BCUT2D eigenvalue weighted by Crippen LogP contribution is -2.28. The van der Waals surface area contributed by atoms with Gasteiger partial charge in [-0.3, -0.25) is 4.79 Å². The van der Waals surface area contributed by atoms with E-state index < -0.39 is 12.0 Å². The maximum absolute atomic E-state index is 13.2. The van der Waals surface area contributed by atoms with Crippen LogP contribution in [0.3, 0.4) is 0 Å². The normalized spacial score (nSPS) is 16.7. The van der Waals surface area contributed by atoms with Gasteiger partial charge in [-0.2, -0.15) is 0 Å². The molecule has 0 saturated carbocycles. The molecule has 118 valence electrons. The number of benzene rings is 2. The van der Waals surface area contributed by atoms with Crippen molar-refractivity contribution in [2.45, 2.75) is 12.5 Å². The maximum atomic E-state index is 13.2. The van der Waals surface area contributed by atoms with Crippen molar-refractivity contribution in [3.8, 4) is 0 Å². The third-order valence-corrected chi connectivity index (χ3v) is 4.15. The van der Waals surface area contributed by atoms with E-state index in [1.165, 1.54) is 12.1 Å². The number of carbonyl (C=O) groups is 1. The summed E-state index contributed by atoms with van der Waals surface area (Å²) in [7, 11) is 0. The Balaban J connectivity index is 1.68. The first kappa shape index (κ1) is 15.8. The standard InChI is InChI=1S/C16H11Cl2FN2O2/c17-11-5-2-6-12(15(11)18)20-16(22)14-8-13(21-23-14)9-3-1-4-10(19)7-9/h1-7,14H,8H2,(H,20,22). The molecule has 3 rings (SSSR count). The van der Waals surface area contributed by atoms with E-state index in [-0.39, 0.29) is 17.3 Å². The Bertz CT molecular complexity index is 795. The van der Waals surface area contributed by atoms with Crippen LogP contribution in [0.4, 0.5) is 10.1 Å². The van der Waals surface area contributed by atoms with Gasteiger partial charge in [0, 0.05) is 12.0 Å². The molecule has 0 fully saturated rings. The monoisotopic (exact) mass is 352 g/mol. The summed E-state index contributed by atoms with van der Waals surface area (Å²) in [6, 6.07) is 10.9. The molecule has 1 heterocycles. The zero-order valence-electron chi connectivity index (χ0n) is 11.7. The molecule has 4 nitrogen and oxygen atoms in total. The second-order valence-corrected chi connectivity index (χ2v) is 5.72. The lowest BCUT2D eigenvalue weighted by Gasteiger charge is -2.11. The van der Waals surface area contributed by atoms with Gasteiger partial charge >= 0.3 is 0 Å². The summed E-state index contributed by atoms with van der Waals surface area (Å²) >= 11 is 11.9. The number of nitrogens with zero attached hydrogens (tertiary/aromatic N) is 1. The molecule has 1 atom stereocenters. The highest BCUT2D eigenvalue weighted by molar-refractivity contribution is 6.44. The van der Waals surface area contributed by atoms with Crippen LogP contribution in [0.25, 0.3) is 0 Å². The van der Waals surface area contributed by atoms with E-state index in [9.17, 15) is 9.18 Å². The predicted molar refractivity (Wildman–Crippen MR) is 87.5 cm³/mol. The first-order valence-corrected chi connectivity index (χ1v) is 7.53. The fourth-order valence-electron chi connectivity index (χ4n) is 2.17. The fourth-order valence-corrected chi connectivity index (χ4v) is 2.52. The number of rotatable bonds is 3. The number of hydrogen-bond acceptors (Lipinski definition) is 3. The number of hydrogen-bond donors (Lipinski definition) is 1. The molecule has 0 radical (unpaired) electrons. The minimum absolute atomic E-state index is 0.244. The molecule has 1 amide bonds. The number of anilines is 1. The molecule has 23 heavy (non-hydrogen) atoms. The van der Waals surface area contributed by atoms with Crippen LogP contribution < -0.4 is 5.32 Å². The van der Waals surface area contributed by atoms with Crippen molar-refractivity contribution >= 4 is 40.5 Å². The highest BCUT2D eigenvalue weighted by Crippen LogP contribution is 2.30. The van der Waals surface area contributed by atoms with E-state index in [0.717, 1.165) is 0 Å². The van der Waals surface area contributed by atoms with Gasteiger partial charge in [0.2, 0.25) is 6.10 Å². The van der Waals surface area contributed by atoms with Crippen molar-refractivity contribution < 1.29 is 14.0 Å². The van der Waals surface area contributed by atoms with Crippen molar-refractivity contribution in [1.29, 1.82) is 0 Å². The molecule has 0 spiro atoms. The molecule has 0 aliphatic carbocycles. The minimum Gasteiger partial charge on any atom is -0.382 e. The van der Waals surface area contributed by atoms with Gasteiger partial charge in [0.1, 0.15) is 5.82 Å². The summed E-state index contributed by atoms with van der Waals surface area (Å²) in [5.41, 5.74) is 1.50. The summed E-state index contributed by atoms with van der Waals surface area (Å²) in [5.74, 6) is -0.770. The Morgan fingerprint density at radius 2 is 2.04 bits per heavy atom. The van der Waals surface area contributed by atoms with Gasteiger partial charge in [-0.1, -0.05) is 46.6 Å². The second-order valence-electron chi connectivity index (χ2n) is 4.94. The molecule has 0 aromatic heterocycles. The average Bonchev–Trinajstić information content (AvgIpc) is 3.02. The number of amides is 1. The van der Waals surface area contributed by atoms with E-state index in [4.69, 9.17) is 28.0 Å². The van der Waals surface area contributed by atoms with Gasteiger partial charge in [-0.25, -0.2) is 4.39 Å². The third-order valence-electron chi connectivity index (χ3n) is 3.33. The van der Waals surface area contributed by atoms with Crippen molar-refractivity contribution in [3.05, 3.63) is 63.9 Å². The van der Waals surface area contributed by atoms with Gasteiger partial charge in [0.25, 0.3) is 5.91 Å². The van der Waals surface area contributed by atoms with Crippen LogP contribution in [0.15, 0.2) is 47.6 Å². The lowest BCUT2D eigenvalue weighted by molar-refractivity contribution is -0.125. The Morgan fingerprint density at radius 1 is 1.26 bits per heavy atom. The highest BCUT2D eigenvalue weighted by Gasteiger charge is 2.29. The molecular weight excluding hydrogens is 342 g/mol. The third kappa shape index (κ3) is 3.46. The summed E-state index contributed by atoms with van der Waals surface area (Å²) in [5, 5.41) is 7.11. The number of nitrogens with one attached hydrogen (secondary N) is 1. The van der Waals surface area contributed by atoms with Crippen LogP contribution >= 0.6 is 23.2 Å². The number of carbonyl (C=O) groups excluding carboxylic acids is 1. The van der Waals surface area contributed by atoms with Crippen molar-refractivity contribution in [3.63, 3.8) is 0 Å². The molecular formula is C16H11Cl2FN2O2. The van der Waals surface area contributed by atoms with Gasteiger partial charge in [-0.05, 0) is 24.3 Å². The first-order valence-electron chi connectivity index (χ1n) is 6.78. The number of oxime groups is 1. The Morgan fingerprint density at radius 3 is 2.83 bits per heavy atom. The van der Waals surface area contributed by atoms with Crippen LogP contribution in [-0.4, -0.2) is 17.7 Å². The molecule has 0 bridgehead atoms. The Labute approximate surface area is 141 Å². The van der Waals surface area contributed by atoms with Gasteiger partial charge in [0.15, 0.2) is 0 Å². The summed E-state index contributed by atoms with van der Waals surface area (Å²) < 4.78 is 13.2. The minimum atomic E-state index is -0.802. The van der Waals surface area contributed by atoms with E-state index in [2.05, 4.69) is 10.5 Å². The van der Waals surface area contributed by atoms with Gasteiger partial charge in [0.05, 0.1) is 21.4 Å². The molecule has 2 aromatic carbocycles. The van der Waals surface area contributed by atoms with E-state index in [1.54, 1.807) is 30.3 Å². The highest BCUT2D eigenvalue weighted by atomic mass is 35.5. The number of halogens is 3. The maximum Gasteiger partial charge on any atom is 0.268 e. The Kier molecular flexibility index (Phi) is 4.50. The molecule has 1 aliphatic heterocycles. The van der Waals surface area contributed by atoms with Crippen molar-refractivity contribution in [2.75, 3.05) is 5.32 Å². The topological polar surface area (TPSA) is 50.7 Å². The van der Waals surface area contributed by atoms with Crippen LogP contribution in [0.1, 0.15) is 12.0 Å². The zero-order chi connectivity index (χ0) is 16.4. The largest absolute Gasteiger partial charge is 0.382 e. The predicted octanol–water partition coefficient (Wildman–Crippen LogP) is 4.26. The summed E-state index contributed by atoms with van der Waals surface area (Å²) in [6.45, 7) is 0. The molecule has 7 heteroatoms. The quantitative estimate of drug-likeness (QED) is 0.896. The fraction of sp³-hybridized carbons (Fsp3) is 0.125. The van der Waals surface area contributed by atoms with Crippen molar-refractivity contribution in [1.82, 2.24) is 0 Å². The molecule has 2 aromatic rings. The lowest BCUT2D eigenvalue weighted by atomic mass is 10.0. The summed E-state index contributed by atoms with van der Waals surface area (Å²) in [6.07, 6.45) is -0.559. The zero-order valence-corrected chi connectivity index (χ0v) is 13.2. The molecule has 1 unspecified atom stereocenters. The molecule has 0 saturated heterocycles. The molecule has 1 N–H and O–H groups in total. The van der Waals surface area contributed by atoms with Crippen LogP contribution in [-0.2, 0) is 9.63 Å². The summed E-state index contributed by atoms with van der Waals surface area (Å²) in [4.78, 5) is 17.4. The van der Waals surface area contributed by atoms with Crippen molar-refractivity contribution in [2.24, 2.45) is 5.16 Å². The van der Waals surface area contributed by atoms with Gasteiger partial charge < -0.3 is 10.2 Å². The smallest absolute Gasteiger partial charge is 0.268 e. The van der Waals surface area contributed by atoms with E-state index >= 15 is 0 Å². The SMILES string of the molecule is O=C(Nc1cccc(Cl)c1Cl)C1CC(c2cccc(F)c2)=NO1. The van der Waals surface area contributed by atoms with Gasteiger partial charge in [-0.15, -0.1) is 0 Å². The molecule has 1 aliphatic rings. The Hall–Kier alpha value is -2.11. The van der Waals surface area contributed by atoms with Crippen LogP contribution in [0.2, 0.25) is 10.0 Å². The van der Waals surface area contributed by atoms with E-state index in [1.807, 2.05) is 0 Å². The average molecular weight is 353 g/mol. The van der Waals surface area contributed by atoms with Crippen LogP contribution in [0, 0.1) is 5.82 Å². The second kappa shape index (κ2) is 6.56. The first-order chi connectivity index (χ1) is 11.0.